The molecule has 4 aromatic rings. The van der Waals surface area contributed by atoms with Crippen LogP contribution in [0.3, 0.4) is 0 Å². The summed E-state index contributed by atoms with van der Waals surface area (Å²) in [7, 11) is 1.68. The maximum absolute atomic E-state index is 13.0. The second-order valence-electron chi connectivity index (χ2n) is 9.58. The second-order valence-corrected chi connectivity index (χ2v) is 10.8. The van der Waals surface area contributed by atoms with Crippen LogP contribution in [0.4, 0.5) is 5.82 Å². The number of aryl methyl sites for hydroxylation is 1. The van der Waals surface area contributed by atoms with Gasteiger partial charge in [-0.1, -0.05) is 36.4 Å². The Hall–Kier alpha value is -3.44. The third-order valence-electron chi connectivity index (χ3n) is 6.97. The molecule has 0 aliphatic carbocycles. The van der Waals surface area contributed by atoms with Crippen molar-refractivity contribution in [2.24, 2.45) is 5.10 Å². The number of furan rings is 1. The summed E-state index contributed by atoms with van der Waals surface area (Å²) in [5.41, 5.74) is 2.85. The van der Waals surface area contributed by atoms with Crippen LogP contribution in [0.1, 0.15) is 35.8 Å². The average molecular weight is 623 g/mol. The van der Waals surface area contributed by atoms with Crippen LogP contribution < -0.4 is 16.3 Å². The third-order valence-corrected chi connectivity index (χ3v) is 7.64. The lowest BCUT2D eigenvalue weighted by molar-refractivity contribution is 0.175. The van der Waals surface area contributed by atoms with E-state index in [1.807, 2.05) is 36.4 Å². The van der Waals surface area contributed by atoms with Crippen LogP contribution in [-0.2, 0) is 6.54 Å². The number of hydrazone groups is 1. The predicted octanol–water partition coefficient (Wildman–Crippen LogP) is 5.02. The Kier molecular flexibility index (Phi) is 7.94. The molecule has 2 aromatic carbocycles. The molecule has 1 saturated heterocycles. The number of piperidine rings is 1. The normalized spacial score (nSPS) is 14.8. The van der Waals surface area contributed by atoms with E-state index < -0.39 is 5.69 Å². The van der Waals surface area contributed by atoms with Crippen molar-refractivity contribution in [1.82, 2.24) is 14.5 Å². The smallest absolute Gasteiger partial charge is 0.330 e. The zero-order chi connectivity index (χ0) is 26.6. The molecule has 0 atom stereocenters. The van der Waals surface area contributed by atoms with Gasteiger partial charge in [0.1, 0.15) is 17.3 Å². The highest BCUT2D eigenvalue weighted by Crippen LogP contribution is 2.24. The van der Waals surface area contributed by atoms with Crippen LogP contribution in [-0.4, -0.2) is 40.8 Å². The van der Waals surface area contributed by atoms with Gasteiger partial charge in [-0.15, -0.1) is 0 Å². The Bertz CT molecular complexity index is 1530. The molecule has 2 aromatic heterocycles. The van der Waals surface area contributed by atoms with E-state index in [1.54, 1.807) is 13.3 Å². The Balaban J connectivity index is 1.23. The fourth-order valence-electron chi connectivity index (χ4n) is 4.80. The number of benzene rings is 2. The van der Waals surface area contributed by atoms with Crippen molar-refractivity contribution in [2.45, 2.75) is 32.4 Å². The number of hydrogen-bond acceptors (Lipinski definition) is 6. The SMILES string of the molecule is Cc1ccccc1CN1CCC(n2c(=O)cc(N(C)/N=C/c3ccc(-c4cccc(I)c4)o3)[nH]c2=O)CC1. The summed E-state index contributed by atoms with van der Waals surface area (Å²) in [4.78, 5) is 31.1. The molecular weight excluding hydrogens is 593 g/mol. The first-order valence-corrected chi connectivity index (χ1v) is 13.7. The molecular formula is C29H30IN5O3. The fraction of sp³-hybridized carbons (Fsp3) is 0.276. The molecule has 1 fully saturated rings. The Labute approximate surface area is 234 Å². The molecule has 9 heteroatoms. The molecule has 0 amide bonds. The van der Waals surface area contributed by atoms with Crippen molar-refractivity contribution in [3.8, 4) is 11.3 Å². The fourth-order valence-corrected chi connectivity index (χ4v) is 5.34. The highest BCUT2D eigenvalue weighted by Gasteiger charge is 2.24. The van der Waals surface area contributed by atoms with Gasteiger partial charge in [-0.25, -0.2) is 4.79 Å². The van der Waals surface area contributed by atoms with E-state index in [0.29, 0.717) is 11.6 Å². The lowest BCUT2D eigenvalue weighted by atomic mass is 10.0. The summed E-state index contributed by atoms with van der Waals surface area (Å²) in [6, 6.07) is 21.5. The summed E-state index contributed by atoms with van der Waals surface area (Å²) in [5.74, 6) is 1.64. The summed E-state index contributed by atoms with van der Waals surface area (Å²) in [5, 5.41) is 5.82. The van der Waals surface area contributed by atoms with Crippen molar-refractivity contribution in [3.63, 3.8) is 0 Å². The summed E-state index contributed by atoms with van der Waals surface area (Å²) in [6.07, 6.45) is 3.07. The quantitative estimate of drug-likeness (QED) is 0.178. The van der Waals surface area contributed by atoms with Gasteiger partial charge in [0, 0.05) is 47.9 Å². The van der Waals surface area contributed by atoms with E-state index in [1.165, 1.54) is 26.8 Å². The van der Waals surface area contributed by atoms with E-state index in [2.05, 4.69) is 68.8 Å². The molecule has 3 heterocycles. The number of H-pyrrole nitrogens is 1. The van der Waals surface area contributed by atoms with Crippen LogP contribution >= 0.6 is 22.6 Å². The van der Waals surface area contributed by atoms with Crippen molar-refractivity contribution >= 4 is 34.6 Å². The van der Waals surface area contributed by atoms with Crippen molar-refractivity contribution in [1.29, 1.82) is 0 Å². The first-order chi connectivity index (χ1) is 18.4. The summed E-state index contributed by atoms with van der Waals surface area (Å²) >= 11 is 2.26. The van der Waals surface area contributed by atoms with Crippen LogP contribution in [0.25, 0.3) is 11.3 Å². The first-order valence-electron chi connectivity index (χ1n) is 12.6. The van der Waals surface area contributed by atoms with Gasteiger partial charge in [-0.2, -0.15) is 5.10 Å². The van der Waals surface area contributed by atoms with Crippen molar-refractivity contribution in [2.75, 3.05) is 25.1 Å². The van der Waals surface area contributed by atoms with Gasteiger partial charge in [0.25, 0.3) is 5.56 Å². The molecule has 1 aliphatic heterocycles. The zero-order valence-electron chi connectivity index (χ0n) is 21.4. The van der Waals surface area contributed by atoms with Crippen LogP contribution in [0.5, 0.6) is 0 Å². The number of rotatable bonds is 7. The monoisotopic (exact) mass is 623 g/mol. The molecule has 0 bridgehead atoms. The number of anilines is 1. The lowest BCUT2D eigenvalue weighted by Gasteiger charge is -2.32. The maximum Gasteiger partial charge on any atom is 0.330 e. The number of nitrogens with zero attached hydrogens (tertiary/aromatic N) is 4. The molecule has 8 nitrogen and oxygen atoms in total. The number of halogens is 1. The Morgan fingerprint density at radius 3 is 2.61 bits per heavy atom. The topological polar surface area (TPSA) is 86.8 Å². The molecule has 196 valence electrons. The van der Waals surface area contributed by atoms with E-state index in [9.17, 15) is 9.59 Å². The van der Waals surface area contributed by atoms with Gasteiger partial charge in [0.15, 0.2) is 0 Å². The third kappa shape index (κ3) is 5.99. The average Bonchev–Trinajstić information content (AvgIpc) is 3.38. The standard InChI is InChI=1S/C29H30IN5O3/c1-20-6-3-4-7-22(20)19-34-14-12-24(13-15-34)35-28(36)17-27(32-29(35)37)33(2)31-18-25-10-11-26(38-25)21-8-5-9-23(30)16-21/h3-11,16-18,24H,12-15,19H2,1-2H3,(H,32,37)/b31-18+. The molecule has 0 spiro atoms. The summed E-state index contributed by atoms with van der Waals surface area (Å²) in [6.45, 7) is 4.68. The Morgan fingerprint density at radius 2 is 1.87 bits per heavy atom. The van der Waals surface area contributed by atoms with E-state index in [-0.39, 0.29) is 11.6 Å². The van der Waals surface area contributed by atoms with Crippen LogP contribution in [0.15, 0.2) is 85.8 Å². The van der Waals surface area contributed by atoms with Crippen LogP contribution in [0, 0.1) is 10.5 Å². The molecule has 5 rings (SSSR count). The van der Waals surface area contributed by atoms with E-state index >= 15 is 0 Å². The predicted molar refractivity (Wildman–Crippen MR) is 159 cm³/mol. The van der Waals surface area contributed by atoms with Gasteiger partial charge < -0.3 is 4.42 Å². The van der Waals surface area contributed by atoms with Gasteiger partial charge in [0.05, 0.1) is 6.21 Å². The maximum atomic E-state index is 13.0. The molecule has 1 N–H and O–H groups in total. The van der Waals surface area contributed by atoms with Crippen LogP contribution in [0.2, 0.25) is 0 Å². The van der Waals surface area contributed by atoms with Gasteiger partial charge in [-0.05, 0) is 77.7 Å². The zero-order valence-corrected chi connectivity index (χ0v) is 23.6. The molecule has 1 aliphatic rings. The van der Waals surface area contributed by atoms with E-state index in [0.717, 1.165) is 47.4 Å². The largest absolute Gasteiger partial charge is 0.455 e. The Morgan fingerprint density at radius 1 is 1.08 bits per heavy atom. The molecule has 0 saturated carbocycles. The number of aromatic amines is 1. The highest BCUT2D eigenvalue weighted by atomic mass is 127. The summed E-state index contributed by atoms with van der Waals surface area (Å²) < 4.78 is 8.36. The number of likely N-dealkylation sites (tertiary alicyclic amines) is 1. The minimum absolute atomic E-state index is 0.121. The van der Waals surface area contributed by atoms with Crippen molar-refractivity contribution < 1.29 is 4.42 Å². The van der Waals surface area contributed by atoms with E-state index in [4.69, 9.17) is 4.42 Å². The minimum Gasteiger partial charge on any atom is -0.455 e. The minimum atomic E-state index is -0.411. The molecule has 38 heavy (non-hydrogen) atoms. The second kappa shape index (κ2) is 11.5. The van der Waals surface area contributed by atoms with Crippen molar-refractivity contribution in [3.05, 3.63) is 108 Å². The number of aromatic nitrogens is 2. The molecule has 0 radical (unpaired) electrons. The highest BCUT2D eigenvalue weighted by molar-refractivity contribution is 14.1. The first kappa shape index (κ1) is 26.2. The number of hydrogen-bond donors (Lipinski definition) is 1. The van der Waals surface area contributed by atoms with Gasteiger partial charge >= 0.3 is 5.69 Å². The lowest BCUT2D eigenvalue weighted by Crippen LogP contribution is -2.43. The number of nitrogens with one attached hydrogen (secondary N) is 1. The van der Waals surface area contributed by atoms with Gasteiger partial charge in [-0.3, -0.25) is 24.3 Å². The molecule has 0 unspecified atom stereocenters. The van der Waals surface area contributed by atoms with Gasteiger partial charge in [0.2, 0.25) is 0 Å².